The number of sulfonamides is 1. The highest BCUT2D eigenvalue weighted by atomic mass is 32.2. The molecule has 0 fully saturated rings. The quantitative estimate of drug-likeness (QED) is 0.917. The lowest BCUT2D eigenvalue weighted by Gasteiger charge is -2.18. The molecule has 0 radical (unpaired) electrons. The van der Waals surface area contributed by atoms with Gasteiger partial charge in [-0.05, 0) is 29.1 Å². The molecule has 2 N–H and O–H groups in total. The third-order valence-electron chi connectivity index (χ3n) is 2.90. The van der Waals surface area contributed by atoms with Crippen LogP contribution in [0.5, 0.6) is 5.75 Å². The van der Waals surface area contributed by atoms with E-state index in [0.29, 0.717) is 18.0 Å². The standard InChI is InChI=1S/C13H16N2O3S2/c1-15(11-4-3-5-12(7-11)18-2)20(16,17)13-6-10(8-14)9-19-13/h3-7,9H,8,14H2,1-2H3. The van der Waals surface area contributed by atoms with Crippen molar-refractivity contribution in [2.75, 3.05) is 18.5 Å². The average molecular weight is 312 g/mol. The predicted octanol–water partition coefficient (Wildman–Crippen LogP) is 2.04. The summed E-state index contributed by atoms with van der Waals surface area (Å²) in [4.78, 5) is 0. The van der Waals surface area contributed by atoms with Crippen LogP contribution in [0, 0.1) is 0 Å². The van der Waals surface area contributed by atoms with Crippen molar-refractivity contribution in [2.45, 2.75) is 10.8 Å². The van der Waals surface area contributed by atoms with Crippen molar-refractivity contribution in [3.8, 4) is 5.75 Å². The number of rotatable bonds is 5. The summed E-state index contributed by atoms with van der Waals surface area (Å²) < 4.78 is 31.7. The highest BCUT2D eigenvalue weighted by Gasteiger charge is 2.23. The van der Waals surface area contributed by atoms with Gasteiger partial charge in [-0.3, -0.25) is 4.31 Å². The number of benzene rings is 1. The maximum Gasteiger partial charge on any atom is 0.273 e. The van der Waals surface area contributed by atoms with Crippen molar-refractivity contribution in [3.05, 3.63) is 41.3 Å². The predicted molar refractivity (Wildman–Crippen MR) is 80.8 cm³/mol. The Morgan fingerprint density at radius 1 is 1.35 bits per heavy atom. The van der Waals surface area contributed by atoms with Gasteiger partial charge in [-0.15, -0.1) is 11.3 Å². The number of methoxy groups -OCH3 is 1. The van der Waals surface area contributed by atoms with E-state index in [2.05, 4.69) is 0 Å². The summed E-state index contributed by atoms with van der Waals surface area (Å²) in [6.45, 7) is 0.328. The molecule has 0 saturated carbocycles. The van der Waals surface area contributed by atoms with Crippen LogP contribution < -0.4 is 14.8 Å². The third-order valence-corrected chi connectivity index (χ3v) is 6.15. The SMILES string of the molecule is COc1cccc(N(C)S(=O)(=O)c2cc(CN)cs2)c1. The summed E-state index contributed by atoms with van der Waals surface area (Å²) in [6, 6.07) is 8.52. The van der Waals surface area contributed by atoms with E-state index < -0.39 is 10.0 Å². The van der Waals surface area contributed by atoms with Crippen LogP contribution in [0.2, 0.25) is 0 Å². The van der Waals surface area contributed by atoms with Crippen molar-refractivity contribution in [1.82, 2.24) is 0 Å². The lowest BCUT2D eigenvalue weighted by atomic mass is 10.3. The number of hydrogen-bond acceptors (Lipinski definition) is 5. The van der Waals surface area contributed by atoms with Crippen molar-refractivity contribution < 1.29 is 13.2 Å². The van der Waals surface area contributed by atoms with Gasteiger partial charge in [0.05, 0.1) is 12.8 Å². The zero-order valence-corrected chi connectivity index (χ0v) is 12.9. The highest BCUT2D eigenvalue weighted by molar-refractivity contribution is 7.94. The Kier molecular flexibility index (Phi) is 4.32. The first-order valence-corrected chi connectivity index (χ1v) is 8.21. The lowest BCUT2D eigenvalue weighted by molar-refractivity contribution is 0.415. The monoisotopic (exact) mass is 312 g/mol. The van der Waals surface area contributed by atoms with E-state index in [-0.39, 0.29) is 4.21 Å². The molecule has 5 nitrogen and oxygen atoms in total. The summed E-state index contributed by atoms with van der Waals surface area (Å²) in [5.74, 6) is 0.610. The van der Waals surface area contributed by atoms with Crippen LogP contribution in [0.15, 0.2) is 39.9 Å². The number of thiophene rings is 1. The van der Waals surface area contributed by atoms with Crippen molar-refractivity contribution in [1.29, 1.82) is 0 Å². The molecule has 0 atom stereocenters. The van der Waals surface area contributed by atoms with E-state index in [1.54, 1.807) is 42.8 Å². The number of anilines is 1. The third kappa shape index (κ3) is 2.79. The Labute approximate surface area is 122 Å². The number of ether oxygens (including phenoxy) is 1. The Morgan fingerprint density at radius 3 is 2.70 bits per heavy atom. The highest BCUT2D eigenvalue weighted by Crippen LogP contribution is 2.28. The molecule has 0 bridgehead atoms. The first-order chi connectivity index (χ1) is 9.48. The smallest absolute Gasteiger partial charge is 0.273 e. The van der Waals surface area contributed by atoms with E-state index in [1.165, 1.54) is 22.7 Å². The molecule has 0 aliphatic carbocycles. The van der Waals surface area contributed by atoms with Gasteiger partial charge in [0.1, 0.15) is 9.96 Å². The van der Waals surface area contributed by atoms with Crippen LogP contribution in [-0.4, -0.2) is 22.6 Å². The van der Waals surface area contributed by atoms with Gasteiger partial charge in [-0.25, -0.2) is 8.42 Å². The molecule has 0 aliphatic heterocycles. The second kappa shape index (κ2) is 5.82. The molecule has 0 spiro atoms. The summed E-state index contributed by atoms with van der Waals surface area (Å²) in [7, 11) is -0.504. The van der Waals surface area contributed by atoms with E-state index in [4.69, 9.17) is 10.5 Å². The second-order valence-electron chi connectivity index (χ2n) is 4.15. The Balaban J connectivity index is 2.37. The van der Waals surface area contributed by atoms with Gasteiger partial charge in [0.15, 0.2) is 0 Å². The normalized spacial score (nSPS) is 11.3. The summed E-state index contributed by atoms with van der Waals surface area (Å²) >= 11 is 1.17. The minimum Gasteiger partial charge on any atom is -0.497 e. The van der Waals surface area contributed by atoms with Gasteiger partial charge < -0.3 is 10.5 Å². The molecule has 2 rings (SSSR count). The van der Waals surface area contributed by atoms with Crippen molar-refractivity contribution >= 4 is 27.0 Å². The van der Waals surface area contributed by atoms with Crippen LogP contribution in [0.4, 0.5) is 5.69 Å². The molecule has 20 heavy (non-hydrogen) atoms. The van der Waals surface area contributed by atoms with E-state index in [0.717, 1.165) is 5.56 Å². The lowest BCUT2D eigenvalue weighted by Crippen LogP contribution is -2.25. The van der Waals surface area contributed by atoms with E-state index in [9.17, 15) is 8.42 Å². The van der Waals surface area contributed by atoms with Gasteiger partial charge in [0.2, 0.25) is 0 Å². The topological polar surface area (TPSA) is 72.6 Å². The number of nitrogens with two attached hydrogens (primary N) is 1. The fraction of sp³-hybridized carbons (Fsp3) is 0.231. The van der Waals surface area contributed by atoms with Gasteiger partial charge in [0.25, 0.3) is 10.0 Å². The number of nitrogens with zero attached hydrogens (tertiary/aromatic N) is 1. The Hall–Kier alpha value is -1.57. The molecule has 108 valence electrons. The van der Waals surface area contributed by atoms with Crippen molar-refractivity contribution in [2.24, 2.45) is 5.73 Å². The molecule has 7 heteroatoms. The summed E-state index contributed by atoms with van der Waals surface area (Å²) in [5.41, 5.74) is 6.87. The minimum atomic E-state index is -3.57. The van der Waals surface area contributed by atoms with Crippen LogP contribution in [-0.2, 0) is 16.6 Å². The Morgan fingerprint density at radius 2 is 2.10 bits per heavy atom. The molecule has 1 aromatic carbocycles. The summed E-state index contributed by atoms with van der Waals surface area (Å²) in [6.07, 6.45) is 0. The zero-order chi connectivity index (χ0) is 14.8. The van der Waals surface area contributed by atoms with Crippen LogP contribution in [0.25, 0.3) is 0 Å². The first-order valence-electron chi connectivity index (χ1n) is 5.89. The minimum absolute atomic E-state index is 0.281. The fourth-order valence-corrected chi connectivity index (χ4v) is 4.25. The molecule has 1 heterocycles. The van der Waals surface area contributed by atoms with Gasteiger partial charge in [-0.2, -0.15) is 0 Å². The maximum atomic E-state index is 12.5. The van der Waals surface area contributed by atoms with Gasteiger partial charge >= 0.3 is 0 Å². The van der Waals surface area contributed by atoms with Gasteiger partial charge in [0, 0.05) is 19.7 Å². The number of hydrogen-bond donors (Lipinski definition) is 1. The first kappa shape index (κ1) is 14.8. The molecule has 0 saturated heterocycles. The summed E-state index contributed by atoms with van der Waals surface area (Å²) in [5, 5.41) is 1.76. The molecule has 2 aromatic rings. The fourth-order valence-electron chi connectivity index (χ4n) is 1.68. The molecule has 1 aromatic heterocycles. The molecule has 0 aliphatic rings. The largest absolute Gasteiger partial charge is 0.497 e. The van der Waals surface area contributed by atoms with E-state index in [1.807, 2.05) is 0 Å². The van der Waals surface area contributed by atoms with E-state index >= 15 is 0 Å². The van der Waals surface area contributed by atoms with Crippen LogP contribution >= 0.6 is 11.3 Å². The molecule has 0 amide bonds. The molecular weight excluding hydrogens is 296 g/mol. The average Bonchev–Trinajstić information content (AvgIpc) is 2.96. The van der Waals surface area contributed by atoms with Crippen molar-refractivity contribution in [3.63, 3.8) is 0 Å². The second-order valence-corrected chi connectivity index (χ2v) is 7.26. The van der Waals surface area contributed by atoms with Crippen LogP contribution in [0.1, 0.15) is 5.56 Å². The maximum absolute atomic E-state index is 12.5. The molecular formula is C13H16N2O3S2. The zero-order valence-electron chi connectivity index (χ0n) is 11.2. The molecule has 0 unspecified atom stereocenters. The van der Waals surface area contributed by atoms with Gasteiger partial charge in [-0.1, -0.05) is 6.07 Å². The Bertz CT molecular complexity index is 695. The van der Waals surface area contributed by atoms with Crippen LogP contribution in [0.3, 0.4) is 0 Å².